The Morgan fingerprint density at radius 1 is 1.40 bits per heavy atom. The average Bonchev–Trinajstić information content (AvgIpc) is 2.47. The number of ether oxygens (including phenoxy) is 2. The van der Waals surface area contributed by atoms with Crippen molar-refractivity contribution in [2.45, 2.75) is 25.5 Å². The quantitative estimate of drug-likeness (QED) is 0.829. The smallest absolute Gasteiger partial charge is 0.143 e. The third kappa shape index (κ3) is 3.75. The van der Waals surface area contributed by atoms with Crippen molar-refractivity contribution in [2.24, 2.45) is 0 Å². The molecular formula is C14H18BrF2NO2. The molecule has 1 fully saturated rings. The lowest BCUT2D eigenvalue weighted by Crippen LogP contribution is -2.48. The highest BCUT2D eigenvalue weighted by Crippen LogP contribution is 2.24. The van der Waals surface area contributed by atoms with Crippen LogP contribution < -0.4 is 5.32 Å². The van der Waals surface area contributed by atoms with E-state index in [0.717, 1.165) is 0 Å². The molecule has 2 atom stereocenters. The third-order valence-corrected chi connectivity index (χ3v) is 3.93. The molecule has 1 aromatic rings. The average molecular weight is 350 g/mol. The molecule has 6 heteroatoms. The highest BCUT2D eigenvalue weighted by atomic mass is 79.9. The number of halogens is 3. The Morgan fingerprint density at radius 3 is 2.85 bits per heavy atom. The van der Waals surface area contributed by atoms with Crippen LogP contribution in [0.25, 0.3) is 0 Å². The number of likely N-dealkylation sites (N-methyl/N-ethyl adjacent to an activating group) is 1. The van der Waals surface area contributed by atoms with Crippen LogP contribution in [0, 0.1) is 11.6 Å². The summed E-state index contributed by atoms with van der Waals surface area (Å²) in [5.74, 6) is -1.09. The van der Waals surface area contributed by atoms with Gasteiger partial charge in [-0.25, -0.2) is 8.78 Å². The first-order chi connectivity index (χ1) is 9.63. The third-order valence-electron chi connectivity index (χ3n) is 3.32. The van der Waals surface area contributed by atoms with Crippen LogP contribution in [0.15, 0.2) is 16.6 Å². The van der Waals surface area contributed by atoms with Crippen molar-refractivity contribution in [3.63, 3.8) is 0 Å². The van der Waals surface area contributed by atoms with Crippen molar-refractivity contribution in [1.29, 1.82) is 0 Å². The number of hydrogen-bond donors (Lipinski definition) is 1. The Hall–Kier alpha value is -0.560. The SMILES string of the molecule is CCNC(Cc1c(F)ccc(Br)c1F)C1COCCO1. The first-order valence-corrected chi connectivity index (χ1v) is 7.48. The maximum Gasteiger partial charge on any atom is 0.143 e. The van der Waals surface area contributed by atoms with Crippen molar-refractivity contribution in [2.75, 3.05) is 26.4 Å². The summed E-state index contributed by atoms with van der Waals surface area (Å²) in [5.41, 5.74) is 0.0690. The fourth-order valence-electron chi connectivity index (χ4n) is 2.31. The summed E-state index contributed by atoms with van der Waals surface area (Å²) in [4.78, 5) is 0. The summed E-state index contributed by atoms with van der Waals surface area (Å²) in [7, 11) is 0. The van der Waals surface area contributed by atoms with Gasteiger partial charge in [0.05, 0.1) is 30.4 Å². The van der Waals surface area contributed by atoms with Crippen LogP contribution in [0.4, 0.5) is 8.78 Å². The van der Waals surface area contributed by atoms with Crippen molar-refractivity contribution in [1.82, 2.24) is 5.32 Å². The Balaban J connectivity index is 2.17. The van der Waals surface area contributed by atoms with Gasteiger partial charge in [-0.2, -0.15) is 0 Å². The van der Waals surface area contributed by atoms with Gasteiger partial charge >= 0.3 is 0 Å². The van der Waals surface area contributed by atoms with Crippen LogP contribution in [0.1, 0.15) is 12.5 Å². The molecule has 1 saturated heterocycles. The van der Waals surface area contributed by atoms with Gasteiger partial charge in [0.15, 0.2) is 0 Å². The second-order valence-electron chi connectivity index (χ2n) is 4.67. The second-order valence-corrected chi connectivity index (χ2v) is 5.53. The molecule has 0 saturated carbocycles. The van der Waals surface area contributed by atoms with Crippen molar-refractivity contribution >= 4 is 15.9 Å². The Kier molecular flexibility index (Phi) is 5.89. The number of benzene rings is 1. The first kappa shape index (κ1) is 15.8. The highest BCUT2D eigenvalue weighted by Gasteiger charge is 2.27. The maximum atomic E-state index is 14.0. The zero-order chi connectivity index (χ0) is 14.5. The predicted octanol–water partition coefficient (Wildman–Crippen LogP) is 2.66. The minimum atomic E-state index is -0.551. The van der Waals surface area contributed by atoms with Gasteiger partial charge in [-0.1, -0.05) is 6.92 Å². The molecule has 1 aliphatic rings. The molecule has 3 nitrogen and oxygen atoms in total. The fraction of sp³-hybridized carbons (Fsp3) is 0.571. The van der Waals surface area contributed by atoms with E-state index in [1.165, 1.54) is 12.1 Å². The standard InChI is InChI=1S/C14H18BrF2NO2/c1-2-18-12(13-8-19-5-6-20-13)7-9-11(16)4-3-10(15)14(9)17/h3-4,12-13,18H,2,5-8H2,1H3. The van der Waals surface area contributed by atoms with Crippen LogP contribution in [-0.4, -0.2) is 38.5 Å². The maximum absolute atomic E-state index is 14.0. The van der Waals surface area contributed by atoms with Gasteiger partial charge in [0.25, 0.3) is 0 Å². The number of hydrogen-bond acceptors (Lipinski definition) is 3. The lowest BCUT2D eigenvalue weighted by atomic mass is 10.00. The molecule has 0 aromatic heterocycles. The van der Waals surface area contributed by atoms with E-state index in [1.54, 1.807) is 0 Å². The topological polar surface area (TPSA) is 30.5 Å². The molecule has 1 aliphatic heterocycles. The zero-order valence-electron chi connectivity index (χ0n) is 11.3. The molecule has 1 heterocycles. The van der Waals surface area contributed by atoms with Gasteiger partial charge in [0, 0.05) is 11.6 Å². The van der Waals surface area contributed by atoms with Gasteiger partial charge in [0.1, 0.15) is 11.6 Å². The van der Waals surface area contributed by atoms with Crippen LogP contribution in [0.3, 0.4) is 0 Å². The van der Waals surface area contributed by atoms with Gasteiger partial charge in [-0.15, -0.1) is 0 Å². The van der Waals surface area contributed by atoms with E-state index in [1.807, 2.05) is 6.92 Å². The first-order valence-electron chi connectivity index (χ1n) is 6.68. The summed E-state index contributed by atoms with van der Waals surface area (Å²) in [5, 5.41) is 3.22. The summed E-state index contributed by atoms with van der Waals surface area (Å²) in [6.07, 6.45) is 0.0281. The van der Waals surface area contributed by atoms with Gasteiger partial charge in [-0.05, 0) is 41.0 Å². The number of nitrogens with one attached hydrogen (secondary N) is 1. The summed E-state index contributed by atoms with van der Waals surface area (Å²) in [6.45, 7) is 4.16. The largest absolute Gasteiger partial charge is 0.376 e. The number of rotatable bonds is 5. The van der Waals surface area contributed by atoms with Gasteiger partial charge < -0.3 is 14.8 Å². The molecule has 0 bridgehead atoms. The van der Waals surface area contributed by atoms with Crippen molar-refractivity contribution in [3.05, 3.63) is 33.8 Å². The molecule has 0 aliphatic carbocycles. The van der Waals surface area contributed by atoms with E-state index < -0.39 is 11.6 Å². The molecule has 2 rings (SSSR count). The van der Waals surface area contributed by atoms with E-state index in [0.29, 0.717) is 26.4 Å². The molecule has 1 aromatic carbocycles. The van der Waals surface area contributed by atoms with E-state index in [2.05, 4.69) is 21.2 Å². The van der Waals surface area contributed by atoms with Crippen molar-refractivity contribution < 1.29 is 18.3 Å². The summed E-state index contributed by atoms with van der Waals surface area (Å²) >= 11 is 3.09. The second kappa shape index (κ2) is 7.45. The van der Waals surface area contributed by atoms with Gasteiger partial charge in [0.2, 0.25) is 0 Å². The van der Waals surface area contributed by atoms with E-state index in [9.17, 15) is 8.78 Å². The molecule has 1 N–H and O–H groups in total. The Morgan fingerprint density at radius 2 is 2.20 bits per heavy atom. The molecule has 2 unspecified atom stereocenters. The van der Waals surface area contributed by atoms with Gasteiger partial charge in [-0.3, -0.25) is 0 Å². The zero-order valence-corrected chi connectivity index (χ0v) is 12.9. The van der Waals surface area contributed by atoms with E-state index >= 15 is 0 Å². The fourth-order valence-corrected chi connectivity index (χ4v) is 2.68. The van der Waals surface area contributed by atoms with Crippen LogP contribution >= 0.6 is 15.9 Å². The molecule has 112 valence electrons. The lowest BCUT2D eigenvalue weighted by Gasteiger charge is -2.31. The molecule has 0 radical (unpaired) electrons. The van der Waals surface area contributed by atoms with Crippen LogP contribution in [0.5, 0.6) is 0 Å². The van der Waals surface area contributed by atoms with Crippen LogP contribution in [-0.2, 0) is 15.9 Å². The highest BCUT2D eigenvalue weighted by molar-refractivity contribution is 9.10. The molecular weight excluding hydrogens is 332 g/mol. The molecule has 0 amide bonds. The minimum absolute atomic E-state index is 0.0690. The normalized spacial score (nSPS) is 20.9. The Bertz CT molecular complexity index is 453. The molecule has 0 spiro atoms. The van der Waals surface area contributed by atoms with E-state index in [-0.39, 0.29) is 28.6 Å². The predicted molar refractivity (Wildman–Crippen MR) is 75.8 cm³/mol. The van der Waals surface area contributed by atoms with Crippen LogP contribution in [0.2, 0.25) is 0 Å². The Labute approximate surface area is 125 Å². The molecule has 20 heavy (non-hydrogen) atoms. The summed E-state index contributed by atoms with van der Waals surface area (Å²) in [6, 6.07) is 2.46. The summed E-state index contributed by atoms with van der Waals surface area (Å²) < 4.78 is 39.1. The van der Waals surface area contributed by atoms with E-state index in [4.69, 9.17) is 9.47 Å². The van der Waals surface area contributed by atoms with Crippen molar-refractivity contribution in [3.8, 4) is 0 Å². The minimum Gasteiger partial charge on any atom is -0.376 e. The lowest BCUT2D eigenvalue weighted by molar-refractivity contribution is -0.101. The monoisotopic (exact) mass is 349 g/mol.